The van der Waals surface area contributed by atoms with Crippen molar-refractivity contribution in [3.8, 4) is 0 Å². The molecule has 7 nitrogen and oxygen atoms in total. The molecule has 0 unspecified atom stereocenters. The molecule has 2 aromatic rings. The average Bonchev–Trinajstić information content (AvgIpc) is 2.78. The van der Waals surface area contributed by atoms with E-state index in [0.29, 0.717) is 29.4 Å². The lowest BCUT2D eigenvalue weighted by atomic mass is 10.2. The third-order valence-electron chi connectivity index (χ3n) is 3.19. The number of carbonyl (C=O) groups is 1. The molecule has 1 amide bonds. The van der Waals surface area contributed by atoms with Crippen LogP contribution in [-0.4, -0.2) is 20.6 Å². The van der Waals surface area contributed by atoms with E-state index in [-0.39, 0.29) is 23.2 Å². The Labute approximate surface area is 142 Å². The van der Waals surface area contributed by atoms with E-state index in [2.05, 4.69) is 10.4 Å². The number of hydrogen-bond acceptors (Lipinski definition) is 4. The lowest BCUT2D eigenvalue weighted by Gasteiger charge is -2.05. The van der Waals surface area contributed by atoms with Gasteiger partial charge in [0.1, 0.15) is 0 Å². The zero-order valence-electron chi connectivity index (χ0n) is 12.3. The first kappa shape index (κ1) is 17.2. The molecule has 1 aromatic heterocycles. The lowest BCUT2D eigenvalue weighted by molar-refractivity contribution is -0.389. The molecule has 0 saturated carbocycles. The van der Waals surface area contributed by atoms with Crippen molar-refractivity contribution >= 4 is 40.6 Å². The van der Waals surface area contributed by atoms with Gasteiger partial charge in [-0.05, 0) is 42.5 Å². The molecule has 0 atom stereocenters. The van der Waals surface area contributed by atoms with Crippen molar-refractivity contribution in [3.05, 3.63) is 50.1 Å². The van der Waals surface area contributed by atoms with E-state index < -0.39 is 4.92 Å². The highest BCUT2D eigenvalue weighted by atomic mass is 35.5. The number of carbonyl (C=O) groups excluding carboxylic acids is 1. The molecule has 0 fully saturated rings. The highest BCUT2D eigenvalue weighted by molar-refractivity contribution is 6.33. The van der Waals surface area contributed by atoms with Gasteiger partial charge in [-0.25, -0.2) is 0 Å². The molecule has 0 radical (unpaired) electrons. The van der Waals surface area contributed by atoms with Gasteiger partial charge in [0.25, 0.3) is 0 Å². The maximum atomic E-state index is 11.8. The largest absolute Gasteiger partial charge is 0.408 e. The van der Waals surface area contributed by atoms with Crippen molar-refractivity contribution < 1.29 is 9.72 Å². The Hall–Kier alpha value is -2.12. The second-order valence-electron chi connectivity index (χ2n) is 4.86. The van der Waals surface area contributed by atoms with Crippen LogP contribution in [0.3, 0.4) is 0 Å². The van der Waals surface area contributed by atoms with Crippen molar-refractivity contribution in [1.29, 1.82) is 0 Å². The van der Waals surface area contributed by atoms with Gasteiger partial charge in [0.15, 0.2) is 5.02 Å². The van der Waals surface area contributed by atoms with E-state index in [0.717, 1.165) is 0 Å². The Morgan fingerprint density at radius 3 is 2.57 bits per heavy atom. The summed E-state index contributed by atoms with van der Waals surface area (Å²) in [6, 6.07) is 6.79. The number of halogens is 2. The van der Waals surface area contributed by atoms with Gasteiger partial charge in [0, 0.05) is 17.1 Å². The zero-order valence-corrected chi connectivity index (χ0v) is 13.8. The van der Waals surface area contributed by atoms with Gasteiger partial charge in [0.2, 0.25) is 5.91 Å². The molecule has 23 heavy (non-hydrogen) atoms. The van der Waals surface area contributed by atoms with Crippen molar-refractivity contribution in [2.45, 2.75) is 26.3 Å². The zero-order chi connectivity index (χ0) is 17.0. The van der Waals surface area contributed by atoms with Crippen molar-refractivity contribution in [1.82, 2.24) is 9.78 Å². The maximum Gasteiger partial charge on any atom is 0.408 e. The molecule has 0 aliphatic heterocycles. The van der Waals surface area contributed by atoms with Crippen LogP contribution in [0.25, 0.3) is 0 Å². The lowest BCUT2D eigenvalue weighted by Crippen LogP contribution is -2.13. The Morgan fingerprint density at radius 1 is 1.35 bits per heavy atom. The predicted molar refractivity (Wildman–Crippen MR) is 87.9 cm³/mol. The van der Waals surface area contributed by atoms with Crippen LogP contribution in [0.15, 0.2) is 24.3 Å². The van der Waals surface area contributed by atoms with Gasteiger partial charge in [-0.3, -0.25) is 4.79 Å². The Kier molecular flexibility index (Phi) is 5.57. The highest BCUT2D eigenvalue weighted by Gasteiger charge is 2.23. The first-order chi connectivity index (χ1) is 10.9. The van der Waals surface area contributed by atoms with E-state index in [1.54, 1.807) is 31.2 Å². The average molecular weight is 357 g/mol. The number of rotatable bonds is 6. The van der Waals surface area contributed by atoms with E-state index in [1.165, 1.54) is 4.68 Å². The highest BCUT2D eigenvalue weighted by Crippen LogP contribution is 2.26. The van der Waals surface area contributed by atoms with Gasteiger partial charge >= 0.3 is 5.82 Å². The van der Waals surface area contributed by atoms with Crippen LogP contribution >= 0.6 is 23.2 Å². The summed E-state index contributed by atoms with van der Waals surface area (Å²) in [6.07, 6.45) is 0.739. The molecule has 1 heterocycles. The smallest absolute Gasteiger partial charge is 0.358 e. The molecule has 1 aromatic carbocycles. The minimum absolute atomic E-state index is 0.0283. The van der Waals surface area contributed by atoms with Crippen LogP contribution in [0.2, 0.25) is 10.0 Å². The molecule has 0 spiro atoms. The molecule has 1 N–H and O–H groups in total. The van der Waals surface area contributed by atoms with Crippen LogP contribution in [0.1, 0.15) is 18.5 Å². The van der Waals surface area contributed by atoms with Crippen molar-refractivity contribution in [3.63, 3.8) is 0 Å². The molecule has 9 heteroatoms. The first-order valence-electron chi connectivity index (χ1n) is 6.81. The van der Waals surface area contributed by atoms with Crippen LogP contribution in [0.4, 0.5) is 11.5 Å². The minimum atomic E-state index is -0.626. The van der Waals surface area contributed by atoms with Gasteiger partial charge in [-0.15, -0.1) is 0 Å². The normalized spacial score (nSPS) is 10.6. The van der Waals surface area contributed by atoms with E-state index in [4.69, 9.17) is 23.2 Å². The second kappa shape index (κ2) is 7.43. The third-order valence-corrected chi connectivity index (χ3v) is 3.89. The first-order valence-corrected chi connectivity index (χ1v) is 7.57. The summed E-state index contributed by atoms with van der Waals surface area (Å²) < 4.78 is 1.44. The van der Waals surface area contributed by atoms with E-state index in [1.807, 2.05) is 0 Å². The Bertz CT molecular complexity index is 728. The predicted octanol–water partition coefficient (Wildman–Crippen LogP) is 3.83. The number of hydrogen-bond donors (Lipinski definition) is 1. The van der Waals surface area contributed by atoms with E-state index >= 15 is 0 Å². The fraction of sp³-hybridized carbons (Fsp3) is 0.286. The monoisotopic (exact) mass is 356 g/mol. The Balaban J connectivity index is 1.87. The molecule has 122 valence electrons. The number of nitrogens with zero attached hydrogens (tertiary/aromatic N) is 3. The summed E-state index contributed by atoms with van der Waals surface area (Å²) in [4.78, 5) is 22.0. The van der Waals surface area contributed by atoms with Crippen LogP contribution in [0, 0.1) is 17.0 Å². The fourth-order valence-corrected chi connectivity index (χ4v) is 2.32. The topological polar surface area (TPSA) is 90.1 Å². The minimum Gasteiger partial charge on any atom is -0.358 e. The molecule has 0 aliphatic carbocycles. The summed E-state index contributed by atoms with van der Waals surface area (Å²) in [7, 11) is 0. The number of nitrogens with one attached hydrogen (secondary N) is 1. The molecule has 0 saturated heterocycles. The van der Waals surface area contributed by atoms with Crippen molar-refractivity contribution in [2.75, 3.05) is 5.32 Å². The number of nitro groups is 1. The summed E-state index contributed by atoms with van der Waals surface area (Å²) in [5.41, 5.74) is 1.17. The van der Waals surface area contributed by atoms with Gasteiger partial charge < -0.3 is 15.4 Å². The maximum absolute atomic E-state index is 11.8. The number of aromatic nitrogens is 2. The third kappa shape index (κ3) is 4.43. The van der Waals surface area contributed by atoms with Crippen LogP contribution < -0.4 is 5.32 Å². The number of benzene rings is 1. The summed E-state index contributed by atoms with van der Waals surface area (Å²) in [5.74, 6) is -0.521. The molecular weight excluding hydrogens is 343 g/mol. The van der Waals surface area contributed by atoms with Crippen molar-refractivity contribution in [2.24, 2.45) is 0 Å². The Morgan fingerprint density at radius 2 is 2.00 bits per heavy atom. The number of amides is 1. The summed E-state index contributed by atoms with van der Waals surface area (Å²) in [5, 5.41) is 18.0. The standard InChI is InChI=1S/C14H14Cl2N4O3/c1-9-13(16)14(20(22)23)18-19(9)8-2-3-12(21)17-11-6-4-10(15)5-7-11/h4-7H,2-3,8H2,1H3,(H,17,21). The molecule has 0 bridgehead atoms. The summed E-state index contributed by atoms with van der Waals surface area (Å²) in [6.45, 7) is 2.02. The van der Waals surface area contributed by atoms with Crippen LogP contribution in [0.5, 0.6) is 0 Å². The van der Waals surface area contributed by atoms with Gasteiger partial charge in [-0.1, -0.05) is 23.2 Å². The number of aryl methyl sites for hydroxylation is 1. The van der Waals surface area contributed by atoms with Crippen LogP contribution in [-0.2, 0) is 11.3 Å². The molecule has 0 aliphatic rings. The van der Waals surface area contributed by atoms with E-state index in [9.17, 15) is 14.9 Å². The fourth-order valence-electron chi connectivity index (χ4n) is 1.99. The summed E-state index contributed by atoms with van der Waals surface area (Å²) >= 11 is 11.6. The van der Waals surface area contributed by atoms with Gasteiger partial charge in [-0.2, -0.15) is 4.68 Å². The second-order valence-corrected chi connectivity index (χ2v) is 5.68. The van der Waals surface area contributed by atoms with Gasteiger partial charge in [0.05, 0.1) is 17.3 Å². The number of anilines is 1. The quantitative estimate of drug-likeness (QED) is 0.628. The molecular formula is C14H14Cl2N4O3. The SMILES string of the molecule is Cc1c(Cl)c([N+](=O)[O-])nn1CCCC(=O)Nc1ccc(Cl)cc1. The molecule has 2 rings (SSSR count).